The van der Waals surface area contributed by atoms with Gasteiger partial charge in [0.15, 0.2) is 0 Å². The fourth-order valence-corrected chi connectivity index (χ4v) is 4.08. The molecule has 0 aliphatic heterocycles. The van der Waals surface area contributed by atoms with Gasteiger partial charge >= 0.3 is 0 Å². The second-order valence-corrected chi connectivity index (χ2v) is 7.45. The quantitative estimate of drug-likeness (QED) is 0.733. The number of rotatable bonds is 7. The largest absolute Gasteiger partial charge is 0.492 e. The molecule has 4 unspecified atom stereocenters. The van der Waals surface area contributed by atoms with Gasteiger partial charge in [-0.3, -0.25) is 4.79 Å². The Morgan fingerprint density at radius 3 is 2.42 bits per heavy atom. The molecule has 2 aliphatic carbocycles. The molecule has 1 amide bonds. The number of nitrogens with one attached hydrogen (secondary N) is 1. The summed E-state index contributed by atoms with van der Waals surface area (Å²) in [6, 6.07) is 7.98. The van der Waals surface area contributed by atoms with Crippen molar-refractivity contribution < 1.29 is 9.53 Å². The number of hydrogen-bond acceptors (Lipinski definition) is 4. The Balaban J connectivity index is 0.00000169. The lowest BCUT2D eigenvalue weighted by atomic mass is 9.84. The summed E-state index contributed by atoms with van der Waals surface area (Å²) in [5.74, 6) is 2.06. The summed E-state index contributed by atoms with van der Waals surface area (Å²) >= 11 is 0. The minimum Gasteiger partial charge on any atom is -0.492 e. The molecule has 2 fully saturated rings. The summed E-state index contributed by atoms with van der Waals surface area (Å²) in [6.45, 7) is 2.12. The first-order valence-electron chi connectivity index (χ1n) is 8.94. The van der Waals surface area contributed by atoms with Crippen LogP contribution in [0, 0.1) is 17.8 Å². The van der Waals surface area contributed by atoms with Crippen LogP contribution in [0.15, 0.2) is 24.3 Å². The maximum Gasteiger partial charge on any atom is 0.225 e. The zero-order valence-electron chi connectivity index (χ0n) is 15.5. The number of carbonyl (C=O) groups is 1. The van der Waals surface area contributed by atoms with Crippen molar-refractivity contribution in [2.75, 3.05) is 27.2 Å². The van der Waals surface area contributed by atoms with Gasteiger partial charge in [-0.15, -0.1) is 24.8 Å². The van der Waals surface area contributed by atoms with Gasteiger partial charge in [-0.05, 0) is 62.9 Å². The minimum absolute atomic E-state index is 0. The van der Waals surface area contributed by atoms with Crippen molar-refractivity contribution in [2.24, 2.45) is 23.5 Å². The first-order chi connectivity index (χ1) is 11.5. The zero-order valence-corrected chi connectivity index (χ0v) is 17.2. The zero-order chi connectivity index (χ0) is 17.1. The summed E-state index contributed by atoms with van der Waals surface area (Å²) in [5, 5.41) is 3.07. The molecule has 0 saturated heterocycles. The molecule has 2 aliphatic rings. The Morgan fingerprint density at radius 1 is 1.19 bits per heavy atom. The normalized spacial score (nSPS) is 26.2. The Kier molecular flexibility index (Phi) is 9.17. The third-order valence-corrected chi connectivity index (χ3v) is 5.48. The average Bonchev–Trinajstić information content (AvgIpc) is 3.14. The molecule has 26 heavy (non-hydrogen) atoms. The van der Waals surface area contributed by atoms with Crippen LogP contribution in [0.1, 0.15) is 24.8 Å². The Bertz CT molecular complexity index is 566. The van der Waals surface area contributed by atoms with E-state index in [-0.39, 0.29) is 42.7 Å². The highest BCUT2D eigenvalue weighted by molar-refractivity contribution is 5.85. The highest BCUT2D eigenvalue weighted by Crippen LogP contribution is 2.47. The van der Waals surface area contributed by atoms with E-state index in [0.717, 1.165) is 30.7 Å². The predicted octanol–water partition coefficient (Wildman–Crippen LogP) is 2.46. The van der Waals surface area contributed by atoms with E-state index in [1.807, 2.05) is 38.4 Å². The van der Waals surface area contributed by atoms with Crippen molar-refractivity contribution in [3.63, 3.8) is 0 Å². The number of likely N-dealkylation sites (N-methyl/N-ethyl adjacent to an activating group) is 1. The predicted molar refractivity (Wildman–Crippen MR) is 109 cm³/mol. The lowest BCUT2D eigenvalue weighted by Gasteiger charge is -2.27. The molecule has 0 radical (unpaired) electrons. The van der Waals surface area contributed by atoms with Crippen LogP contribution in [-0.4, -0.2) is 44.1 Å². The van der Waals surface area contributed by atoms with Crippen molar-refractivity contribution in [1.29, 1.82) is 0 Å². The fourth-order valence-electron chi connectivity index (χ4n) is 4.08. The number of carbonyl (C=O) groups excluding carboxylic acids is 1. The molecule has 148 valence electrons. The lowest BCUT2D eigenvalue weighted by Crippen LogP contribution is -2.45. The Morgan fingerprint density at radius 2 is 1.85 bits per heavy atom. The molecule has 3 N–H and O–H groups in total. The van der Waals surface area contributed by atoms with Gasteiger partial charge < -0.3 is 20.7 Å². The summed E-state index contributed by atoms with van der Waals surface area (Å²) < 4.78 is 5.68. The number of amides is 1. The summed E-state index contributed by atoms with van der Waals surface area (Å²) in [6.07, 6.45) is 3.50. The van der Waals surface area contributed by atoms with E-state index in [0.29, 0.717) is 25.0 Å². The highest BCUT2D eigenvalue weighted by Gasteiger charge is 2.48. The van der Waals surface area contributed by atoms with E-state index < -0.39 is 0 Å². The maximum absolute atomic E-state index is 12.5. The van der Waals surface area contributed by atoms with Gasteiger partial charge in [0.2, 0.25) is 5.91 Å². The summed E-state index contributed by atoms with van der Waals surface area (Å²) in [7, 11) is 4.05. The monoisotopic (exact) mass is 403 g/mol. The molecule has 3 rings (SSSR count). The van der Waals surface area contributed by atoms with E-state index in [1.54, 1.807) is 0 Å². The molecular formula is C19H31Cl2N3O2. The van der Waals surface area contributed by atoms with Crippen LogP contribution in [0.5, 0.6) is 5.75 Å². The molecule has 1 aromatic rings. The average molecular weight is 404 g/mol. The van der Waals surface area contributed by atoms with Crippen molar-refractivity contribution in [3.8, 4) is 5.75 Å². The molecule has 0 aromatic heterocycles. The first-order valence-corrected chi connectivity index (χ1v) is 8.94. The first kappa shape index (κ1) is 23.0. The number of fused-ring (bicyclic) bond motifs is 2. The van der Waals surface area contributed by atoms with Crippen LogP contribution >= 0.6 is 24.8 Å². The maximum atomic E-state index is 12.5. The minimum atomic E-state index is 0. The van der Waals surface area contributed by atoms with Gasteiger partial charge in [-0.25, -0.2) is 0 Å². The Hall–Kier alpha value is -1.01. The Labute approximate surface area is 168 Å². The van der Waals surface area contributed by atoms with Crippen LogP contribution in [0.25, 0.3) is 0 Å². The topological polar surface area (TPSA) is 67.6 Å². The van der Waals surface area contributed by atoms with Gasteiger partial charge in [0, 0.05) is 19.1 Å². The number of benzene rings is 1. The van der Waals surface area contributed by atoms with E-state index in [2.05, 4.69) is 10.2 Å². The second-order valence-electron chi connectivity index (χ2n) is 7.45. The molecular weight excluding hydrogens is 373 g/mol. The van der Waals surface area contributed by atoms with Gasteiger partial charge in [0.25, 0.3) is 0 Å². The van der Waals surface area contributed by atoms with Crippen molar-refractivity contribution in [3.05, 3.63) is 29.8 Å². The third kappa shape index (κ3) is 5.49. The number of ether oxygens (including phenoxy) is 1. The van der Waals surface area contributed by atoms with E-state index in [4.69, 9.17) is 10.5 Å². The summed E-state index contributed by atoms with van der Waals surface area (Å²) in [4.78, 5) is 14.6. The van der Waals surface area contributed by atoms with E-state index >= 15 is 0 Å². The molecule has 2 saturated carbocycles. The second kappa shape index (κ2) is 10.4. The molecule has 0 spiro atoms. The highest BCUT2D eigenvalue weighted by atomic mass is 35.5. The van der Waals surface area contributed by atoms with Crippen molar-refractivity contribution in [1.82, 2.24) is 10.2 Å². The van der Waals surface area contributed by atoms with E-state index in [9.17, 15) is 4.79 Å². The number of hydrogen-bond donors (Lipinski definition) is 2. The standard InChI is InChI=1S/C19H29N3O2.2ClH/c1-22(2)9-10-24-16-7-3-13(4-8-16)12-21-19(23)17-14-5-6-15(11-14)18(17)20;;/h3-4,7-8,14-15,17-18H,5-6,9-12,20H2,1-2H3,(H,21,23);2*1H. The molecule has 4 atom stereocenters. The molecule has 7 heteroatoms. The molecule has 2 bridgehead atoms. The smallest absolute Gasteiger partial charge is 0.225 e. The van der Waals surface area contributed by atoms with Gasteiger partial charge in [0.05, 0.1) is 5.92 Å². The fraction of sp³-hybridized carbons (Fsp3) is 0.632. The van der Waals surface area contributed by atoms with Crippen LogP contribution in [-0.2, 0) is 11.3 Å². The van der Waals surface area contributed by atoms with Crippen LogP contribution in [0.3, 0.4) is 0 Å². The van der Waals surface area contributed by atoms with Gasteiger partial charge in [0.1, 0.15) is 12.4 Å². The third-order valence-electron chi connectivity index (χ3n) is 5.48. The number of nitrogens with two attached hydrogens (primary N) is 1. The molecule has 0 heterocycles. The SMILES string of the molecule is CN(C)CCOc1ccc(CNC(=O)C2C3CCC(C3)C2N)cc1.Cl.Cl. The van der Waals surface area contributed by atoms with Crippen LogP contribution < -0.4 is 15.8 Å². The summed E-state index contributed by atoms with van der Waals surface area (Å²) in [5.41, 5.74) is 7.32. The molecule has 1 aromatic carbocycles. The lowest BCUT2D eigenvalue weighted by molar-refractivity contribution is -0.127. The number of nitrogens with zero attached hydrogens (tertiary/aromatic N) is 1. The van der Waals surface area contributed by atoms with Crippen molar-refractivity contribution >= 4 is 30.7 Å². The number of halogens is 2. The van der Waals surface area contributed by atoms with Crippen molar-refractivity contribution in [2.45, 2.75) is 31.8 Å². The molecule has 5 nitrogen and oxygen atoms in total. The van der Waals surface area contributed by atoms with Crippen LogP contribution in [0.2, 0.25) is 0 Å². The van der Waals surface area contributed by atoms with Crippen LogP contribution in [0.4, 0.5) is 0 Å². The van der Waals surface area contributed by atoms with Gasteiger partial charge in [-0.2, -0.15) is 0 Å². The van der Waals surface area contributed by atoms with Gasteiger partial charge in [-0.1, -0.05) is 12.1 Å². The van der Waals surface area contributed by atoms with E-state index in [1.165, 1.54) is 6.42 Å².